The zero-order valence-corrected chi connectivity index (χ0v) is 10.8. The first-order valence-corrected chi connectivity index (χ1v) is 6.90. The van der Waals surface area contributed by atoms with Gasteiger partial charge in [-0.15, -0.1) is 0 Å². The van der Waals surface area contributed by atoms with Crippen LogP contribution in [0.25, 0.3) is 0 Å². The molecule has 110 valence electrons. The van der Waals surface area contributed by atoms with Crippen LogP contribution in [0.3, 0.4) is 0 Å². The lowest BCUT2D eigenvalue weighted by atomic mass is 9.89. The molecule has 0 bridgehead atoms. The summed E-state index contributed by atoms with van der Waals surface area (Å²) in [5, 5.41) is 0. The Morgan fingerprint density at radius 3 is 2.16 bits per heavy atom. The Morgan fingerprint density at radius 1 is 1.11 bits per heavy atom. The molecule has 0 radical (unpaired) electrons. The number of rotatable bonds is 5. The molecule has 2 saturated carbocycles. The molecule has 0 aromatic rings. The van der Waals surface area contributed by atoms with Crippen molar-refractivity contribution in [1.82, 2.24) is 4.90 Å². The van der Waals surface area contributed by atoms with Crippen molar-refractivity contribution in [2.75, 3.05) is 6.54 Å². The zero-order valence-electron chi connectivity index (χ0n) is 10.8. The second kappa shape index (κ2) is 5.67. The quantitative estimate of drug-likeness (QED) is 0.707. The van der Waals surface area contributed by atoms with Crippen LogP contribution >= 0.6 is 0 Å². The van der Waals surface area contributed by atoms with Gasteiger partial charge in [0.1, 0.15) is 0 Å². The highest BCUT2D eigenvalue weighted by Gasteiger charge is 2.53. The topological polar surface area (TPSA) is 20.3 Å². The van der Waals surface area contributed by atoms with Crippen LogP contribution in [0.1, 0.15) is 44.9 Å². The summed E-state index contributed by atoms with van der Waals surface area (Å²) < 4.78 is 51.0. The Bertz CT molecular complexity index is 325. The van der Waals surface area contributed by atoms with Gasteiger partial charge < -0.3 is 4.90 Å². The van der Waals surface area contributed by atoms with Gasteiger partial charge in [0.05, 0.1) is 0 Å². The third-order valence-corrected chi connectivity index (χ3v) is 3.99. The summed E-state index contributed by atoms with van der Waals surface area (Å²) in [6.45, 7) is 0.214. The summed E-state index contributed by atoms with van der Waals surface area (Å²) in [5.41, 5.74) is 0. The zero-order chi connectivity index (χ0) is 14.0. The van der Waals surface area contributed by atoms with Gasteiger partial charge in [0.2, 0.25) is 0 Å². The van der Waals surface area contributed by atoms with Crippen molar-refractivity contribution in [3.8, 4) is 0 Å². The summed E-state index contributed by atoms with van der Waals surface area (Å²) >= 11 is 0. The number of nitrogens with zero attached hydrogens (tertiary/aromatic N) is 1. The summed E-state index contributed by atoms with van der Waals surface area (Å²) in [6, 6.07) is -0.251. The van der Waals surface area contributed by atoms with Crippen molar-refractivity contribution in [3.63, 3.8) is 0 Å². The second-order valence-corrected chi connectivity index (χ2v) is 5.62. The van der Waals surface area contributed by atoms with E-state index in [1.165, 1.54) is 0 Å². The van der Waals surface area contributed by atoms with Crippen molar-refractivity contribution < 1.29 is 22.4 Å². The molecular formula is C13H19F4NO. The van der Waals surface area contributed by atoms with E-state index in [9.17, 15) is 22.4 Å². The van der Waals surface area contributed by atoms with E-state index in [-0.39, 0.29) is 18.5 Å². The van der Waals surface area contributed by atoms with Crippen LogP contribution in [-0.4, -0.2) is 35.7 Å². The highest BCUT2D eigenvalue weighted by Crippen LogP contribution is 2.35. The van der Waals surface area contributed by atoms with E-state index in [1.807, 2.05) is 0 Å². The Labute approximate surface area is 110 Å². The number of hydrogen-bond donors (Lipinski definition) is 0. The molecule has 0 saturated heterocycles. The number of carbonyl (C=O) groups is 1. The third-order valence-electron chi connectivity index (χ3n) is 3.99. The van der Waals surface area contributed by atoms with Gasteiger partial charge >= 0.3 is 12.3 Å². The fourth-order valence-electron chi connectivity index (χ4n) is 2.72. The number of alkyl halides is 4. The molecular weight excluding hydrogens is 262 g/mol. The molecule has 0 aromatic heterocycles. The van der Waals surface area contributed by atoms with Gasteiger partial charge in [0, 0.05) is 12.6 Å². The van der Waals surface area contributed by atoms with Crippen LogP contribution in [0.2, 0.25) is 0 Å². The maximum atomic E-state index is 13.2. The summed E-state index contributed by atoms with van der Waals surface area (Å²) in [6.07, 6.45) is 2.36. The average Bonchev–Trinajstić information content (AvgIpc) is 3.20. The molecule has 2 rings (SSSR count). The highest BCUT2D eigenvalue weighted by molar-refractivity contribution is 5.84. The van der Waals surface area contributed by atoms with E-state index in [0.29, 0.717) is 12.8 Å². The van der Waals surface area contributed by atoms with Gasteiger partial charge in [-0.25, -0.2) is 8.78 Å². The van der Waals surface area contributed by atoms with Gasteiger partial charge in [-0.2, -0.15) is 8.78 Å². The van der Waals surface area contributed by atoms with Crippen LogP contribution < -0.4 is 0 Å². The minimum Gasteiger partial charge on any atom is -0.334 e. The fourth-order valence-corrected chi connectivity index (χ4v) is 2.72. The summed E-state index contributed by atoms with van der Waals surface area (Å²) in [5.74, 6) is -6.04. The van der Waals surface area contributed by atoms with Crippen LogP contribution in [0.4, 0.5) is 17.6 Å². The van der Waals surface area contributed by atoms with Crippen LogP contribution in [0.5, 0.6) is 0 Å². The molecule has 2 nitrogen and oxygen atoms in total. The molecule has 2 aliphatic carbocycles. The number of hydrogen-bond acceptors (Lipinski definition) is 1. The van der Waals surface area contributed by atoms with E-state index in [1.54, 1.807) is 0 Å². The van der Waals surface area contributed by atoms with E-state index < -0.39 is 18.3 Å². The first kappa shape index (κ1) is 14.6. The lowest BCUT2D eigenvalue weighted by Crippen LogP contribution is -2.50. The molecule has 1 amide bonds. The van der Waals surface area contributed by atoms with E-state index in [4.69, 9.17) is 0 Å². The van der Waals surface area contributed by atoms with Gasteiger partial charge in [-0.3, -0.25) is 4.79 Å². The van der Waals surface area contributed by atoms with E-state index in [0.717, 1.165) is 37.0 Å². The van der Waals surface area contributed by atoms with Crippen LogP contribution in [0, 0.1) is 5.92 Å². The molecule has 0 spiro atoms. The van der Waals surface area contributed by atoms with Crippen molar-refractivity contribution >= 4 is 5.91 Å². The molecule has 0 unspecified atom stereocenters. The minimum absolute atomic E-state index is 0.187. The van der Waals surface area contributed by atoms with Crippen molar-refractivity contribution in [2.45, 2.75) is 63.3 Å². The number of amides is 1. The van der Waals surface area contributed by atoms with Crippen LogP contribution in [0.15, 0.2) is 0 Å². The fraction of sp³-hybridized carbons (Fsp3) is 0.923. The smallest absolute Gasteiger partial charge is 0.334 e. The highest BCUT2D eigenvalue weighted by atomic mass is 19.3. The molecule has 19 heavy (non-hydrogen) atoms. The van der Waals surface area contributed by atoms with Gasteiger partial charge in [0.15, 0.2) is 0 Å². The van der Waals surface area contributed by atoms with Crippen molar-refractivity contribution in [3.05, 3.63) is 0 Å². The predicted molar refractivity (Wildman–Crippen MR) is 62.3 cm³/mol. The van der Waals surface area contributed by atoms with Gasteiger partial charge in [0.25, 0.3) is 5.91 Å². The SMILES string of the molecule is O=C(N(CC1CCCCC1)C1CC1)C(F)(F)C(F)F. The second-order valence-electron chi connectivity index (χ2n) is 5.62. The normalized spacial score (nSPS) is 21.7. The lowest BCUT2D eigenvalue weighted by Gasteiger charge is -2.32. The van der Waals surface area contributed by atoms with E-state index in [2.05, 4.69) is 0 Å². The monoisotopic (exact) mass is 281 g/mol. The van der Waals surface area contributed by atoms with Gasteiger partial charge in [-0.1, -0.05) is 19.3 Å². The first-order chi connectivity index (χ1) is 8.93. The minimum atomic E-state index is -4.54. The standard InChI is InChI=1S/C13H19F4NO/c14-11(15)13(16,17)12(19)18(10-6-7-10)8-9-4-2-1-3-5-9/h9-11H,1-8H2. The largest absolute Gasteiger partial charge is 0.383 e. The van der Waals surface area contributed by atoms with Crippen molar-refractivity contribution in [1.29, 1.82) is 0 Å². The van der Waals surface area contributed by atoms with Crippen LogP contribution in [-0.2, 0) is 4.79 Å². The summed E-state index contributed by atoms with van der Waals surface area (Å²) in [7, 11) is 0. The Balaban J connectivity index is 2.01. The molecule has 0 aromatic carbocycles. The number of halogens is 4. The molecule has 0 aliphatic heterocycles. The van der Waals surface area contributed by atoms with E-state index >= 15 is 0 Å². The predicted octanol–water partition coefficient (Wildman–Crippen LogP) is 3.46. The molecule has 2 fully saturated rings. The molecule has 2 aliphatic rings. The van der Waals surface area contributed by atoms with Gasteiger partial charge in [-0.05, 0) is 31.6 Å². The maximum Gasteiger partial charge on any atom is 0.383 e. The maximum absolute atomic E-state index is 13.2. The average molecular weight is 281 g/mol. The molecule has 0 heterocycles. The molecule has 0 N–H and O–H groups in total. The third kappa shape index (κ3) is 3.39. The molecule has 6 heteroatoms. The molecule has 0 atom stereocenters. The number of carbonyl (C=O) groups excluding carboxylic acids is 1. The lowest BCUT2D eigenvalue weighted by molar-refractivity contribution is -0.182. The Kier molecular flexibility index (Phi) is 4.36. The summed E-state index contributed by atoms with van der Waals surface area (Å²) in [4.78, 5) is 12.7. The van der Waals surface area contributed by atoms with Crippen molar-refractivity contribution in [2.24, 2.45) is 5.92 Å². The Morgan fingerprint density at radius 2 is 1.68 bits per heavy atom. The first-order valence-electron chi connectivity index (χ1n) is 6.90. The Hall–Kier alpha value is -0.810.